The highest BCUT2D eigenvalue weighted by Gasteiger charge is 2.34. The summed E-state index contributed by atoms with van der Waals surface area (Å²) >= 11 is 5.06. The molecule has 1 saturated heterocycles. The van der Waals surface area contributed by atoms with Crippen molar-refractivity contribution in [2.45, 2.75) is 58.1 Å². The Morgan fingerprint density at radius 2 is 2.19 bits per heavy atom. The molecule has 0 aliphatic carbocycles. The Hall–Kier alpha value is -1.20. The van der Waals surface area contributed by atoms with Crippen molar-refractivity contribution in [2.24, 2.45) is 5.73 Å². The average molecular weight is 307 g/mol. The molecule has 0 saturated carbocycles. The summed E-state index contributed by atoms with van der Waals surface area (Å²) in [5, 5.41) is 3.53. The lowest BCUT2D eigenvalue weighted by Gasteiger charge is -2.40. The molecular weight excluding hydrogens is 282 g/mol. The molecule has 21 heavy (non-hydrogen) atoms. The summed E-state index contributed by atoms with van der Waals surface area (Å²) < 4.78 is 6.02. The number of ether oxygens (including phenoxy) is 1. The first-order valence-electron chi connectivity index (χ1n) is 7.67. The van der Waals surface area contributed by atoms with E-state index in [1.54, 1.807) is 0 Å². The first-order chi connectivity index (χ1) is 9.98. The molecule has 116 valence electrons. The van der Waals surface area contributed by atoms with Gasteiger partial charge >= 0.3 is 0 Å². The Balaban J connectivity index is 2.12. The largest absolute Gasteiger partial charge is 0.389 e. The molecule has 2 rings (SSSR count). The van der Waals surface area contributed by atoms with Gasteiger partial charge in [0.05, 0.1) is 5.60 Å². The van der Waals surface area contributed by atoms with Gasteiger partial charge in [0.15, 0.2) is 0 Å². The second-order valence-corrected chi connectivity index (χ2v) is 6.26. The van der Waals surface area contributed by atoms with E-state index in [-0.39, 0.29) is 5.60 Å². The first-order valence-corrected chi connectivity index (χ1v) is 8.08. The quantitative estimate of drug-likeness (QED) is 0.818. The second-order valence-electron chi connectivity index (χ2n) is 5.82. The highest BCUT2D eigenvalue weighted by Crippen LogP contribution is 2.32. The molecule has 0 radical (unpaired) electrons. The fourth-order valence-electron chi connectivity index (χ4n) is 2.99. The van der Waals surface area contributed by atoms with Crippen molar-refractivity contribution in [3.05, 3.63) is 23.4 Å². The lowest BCUT2D eigenvalue weighted by Crippen LogP contribution is -2.43. The Morgan fingerprint density at radius 3 is 2.81 bits per heavy atom. The van der Waals surface area contributed by atoms with Crippen LogP contribution in [0.1, 0.15) is 50.8 Å². The molecule has 1 aliphatic heterocycles. The SMILES string of the molecule is CCC1(CC)CC(Nc2cc(C(N)=S)cc(C)n2)CCO1. The van der Waals surface area contributed by atoms with Crippen molar-refractivity contribution in [3.63, 3.8) is 0 Å². The van der Waals surface area contributed by atoms with Crippen LogP contribution in [0.2, 0.25) is 0 Å². The summed E-state index contributed by atoms with van der Waals surface area (Å²) in [5.74, 6) is 0.853. The number of nitrogens with zero attached hydrogens (tertiary/aromatic N) is 1. The number of nitrogens with one attached hydrogen (secondary N) is 1. The molecule has 4 nitrogen and oxygen atoms in total. The van der Waals surface area contributed by atoms with E-state index < -0.39 is 0 Å². The Kier molecular flexibility index (Phi) is 5.17. The van der Waals surface area contributed by atoms with E-state index in [9.17, 15) is 0 Å². The summed E-state index contributed by atoms with van der Waals surface area (Å²) in [4.78, 5) is 4.95. The van der Waals surface area contributed by atoms with Crippen molar-refractivity contribution in [1.82, 2.24) is 4.98 Å². The van der Waals surface area contributed by atoms with E-state index in [1.165, 1.54) is 0 Å². The maximum atomic E-state index is 6.02. The predicted molar refractivity (Wildman–Crippen MR) is 90.8 cm³/mol. The van der Waals surface area contributed by atoms with Crippen molar-refractivity contribution < 1.29 is 4.74 Å². The average Bonchev–Trinajstić information content (AvgIpc) is 2.46. The zero-order chi connectivity index (χ0) is 15.5. The van der Waals surface area contributed by atoms with Crippen molar-refractivity contribution >= 4 is 23.0 Å². The Labute approximate surface area is 132 Å². The van der Waals surface area contributed by atoms with Gasteiger partial charge in [-0.15, -0.1) is 0 Å². The first kappa shape index (κ1) is 16.2. The Bertz CT molecular complexity index is 514. The monoisotopic (exact) mass is 307 g/mol. The summed E-state index contributed by atoms with van der Waals surface area (Å²) in [6, 6.07) is 4.23. The van der Waals surface area contributed by atoms with Gasteiger partial charge in [0, 0.05) is 23.9 Å². The zero-order valence-electron chi connectivity index (χ0n) is 13.1. The van der Waals surface area contributed by atoms with Gasteiger partial charge < -0.3 is 15.8 Å². The van der Waals surface area contributed by atoms with Crippen molar-refractivity contribution in [1.29, 1.82) is 0 Å². The topological polar surface area (TPSA) is 60.2 Å². The molecule has 0 amide bonds. The van der Waals surface area contributed by atoms with Gasteiger partial charge in [0.1, 0.15) is 10.8 Å². The number of anilines is 1. The summed E-state index contributed by atoms with van der Waals surface area (Å²) in [6.07, 6.45) is 4.10. The van der Waals surface area contributed by atoms with Crippen LogP contribution in [0.5, 0.6) is 0 Å². The second kappa shape index (κ2) is 6.71. The molecule has 1 unspecified atom stereocenters. The van der Waals surface area contributed by atoms with Crippen LogP contribution in [0, 0.1) is 6.92 Å². The van der Waals surface area contributed by atoms with Gasteiger partial charge in [-0.2, -0.15) is 0 Å². The molecule has 3 N–H and O–H groups in total. The normalized spacial score (nSPS) is 21.0. The van der Waals surface area contributed by atoms with Crippen LogP contribution in [0.4, 0.5) is 5.82 Å². The number of hydrogen-bond donors (Lipinski definition) is 2. The van der Waals surface area contributed by atoms with Crippen LogP contribution < -0.4 is 11.1 Å². The smallest absolute Gasteiger partial charge is 0.127 e. The molecule has 5 heteroatoms. The molecule has 1 fully saturated rings. The predicted octanol–water partition coefficient (Wildman–Crippen LogP) is 3.17. The number of pyridine rings is 1. The number of rotatable bonds is 5. The summed E-state index contributed by atoms with van der Waals surface area (Å²) in [5.41, 5.74) is 7.52. The third-order valence-corrected chi connectivity index (χ3v) is 4.61. The Morgan fingerprint density at radius 1 is 1.48 bits per heavy atom. The van der Waals surface area contributed by atoms with Gasteiger partial charge in [-0.1, -0.05) is 26.1 Å². The van der Waals surface area contributed by atoms with E-state index in [0.29, 0.717) is 11.0 Å². The highest BCUT2D eigenvalue weighted by molar-refractivity contribution is 7.80. The van der Waals surface area contributed by atoms with Crippen LogP contribution in [-0.2, 0) is 4.74 Å². The van der Waals surface area contributed by atoms with Crippen molar-refractivity contribution in [3.8, 4) is 0 Å². The van der Waals surface area contributed by atoms with E-state index in [0.717, 1.165) is 49.4 Å². The van der Waals surface area contributed by atoms with Crippen LogP contribution >= 0.6 is 12.2 Å². The third kappa shape index (κ3) is 3.92. The zero-order valence-corrected chi connectivity index (χ0v) is 13.9. The van der Waals surface area contributed by atoms with E-state index >= 15 is 0 Å². The molecule has 0 aromatic carbocycles. The molecule has 1 atom stereocenters. The van der Waals surface area contributed by atoms with E-state index in [2.05, 4.69) is 24.1 Å². The van der Waals surface area contributed by atoms with Crippen LogP contribution in [0.15, 0.2) is 12.1 Å². The minimum atomic E-state index is 0.00569. The molecule has 2 heterocycles. The van der Waals surface area contributed by atoms with Crippen LogP contribution in [0.3, 0.4) is 0 Å². The number of aryl methyl sites for hydroxylation is 1. The van der Waals surface area contributed by atoms with Gasteiger partial charge in [0.2, 0.25) is 0 Å². The van der Waals surface area contributed by atoms with Gasteiger partial charge in [-0.25, -0.2) is 4.98 Å². The van der Waals surface area contributed by atoms with Crippen LogP contribution in [-0.4, -0.2) is 28.2 Å². The minimum Gasteiger partial charge on any atom is -0.389 e. The van der Waals surface area contributed by atoms with E-state index in [4.69, 9.17) is 22.7 Å². The molecule has 1 aliphatic rings. The van der Waals surface area contributed by atoms with Crippen LogP contribution in [0.25, 0.3) is 0 Å². The van der Waals surface area contributed by atoms with Gasteiger partial charge in [-0.05, 0) is 44.7 Å². The third-order valence-electron chi connectivity index (χ3n) is 4.37. The summed E-state index contributed by atoms with van der Waals surface area (Å²) in [6.45, 7) is 7.15. The summed E-state index contributed by atoms with van der Waals surface area (Å²) in [7, 11) is 0. The maximum absolute atomic E-state index is 6.02. The van der Waals surface area contributed by atoms with E-state index in [1.807, 2.05) is 19.1 Å². The molecular formula is C16H25N3OS. The number of thiocarbonyl (C=S) groups is 1. The molecule has 0 spiro atoms. The standard InChI is InChI=1S/C16H25N3OS/c1-4-16(5-2)10-13(6-7-20-16)19-14-9-12(15(17)21)8-11(3)18-14/h8-9,13H,4-7,10H2,1-3H3,(H2,17,21)(H,18,19). The lowest BCUT2D eigenvalue weighted by molar-refractivity contribution is -0.0864. The fraction of sp³-hybridized carbons (Fsp3) is 0.625. The maximum Gasteiger partial charge on any atom is 0.127 e. The lowest BCUT2D eigenvalue weighted by atomic mass is 9.86. The van der Waals surface area contributed by atoms with Gasteiger partial charge in [-0.3, -0.25) is 0 Å². The number of aromatic nitrogens is 1. The van der Waals surface area contributed by atoms with Crippen molar-refractivity contribution in [2.75, 3.05) is 11.9 Å². The molecule has 0 bridgehead atoms. The molecule has 1 aromatic heterocycles. The van der Waals surface area contributed by atoms with Gasteiger partial charge in [0.25, 0.3) is 0 Å². The molecule has 1 aromatic rings. The fourth-order valence-corrected chi connectivity index (χ4v) is 3.11. The highest BCUT2D eigenvalue weighted by atomic mass is 32.1. The number of hydrogen-bond acceptors (Lipinski definition) is 4. The minimum absolute atomic E-state index is 0.00569. The number of nitrogens with two attached hydrogens (primary N) is 1.